The smallest absolute Gasteiger partial charge is 0.313 e. The summed E-state index contributed by atoms with van der Waals surface area (Å²) in [7, 11) is 0. The van der Waals surface area contributed by atoms with Crippen LogP contribution in [0.4, 0.5) is 13.2 Å². The first-order valence-electron chi connectivity index (χ1n) is 6.42. The van der Waals surface area contributed by atoms with Gasteiger partial charge < -0.3 is 5.32 Å². The molecular formula is C14H18F3N. The van der Waals surface area contributed by atoms with Gasteiger partial charge in [0, 0.05) is 6.54 Å². The second-order valence-electron chi connectivity index (χ2n) is 4.96. The first kappa shape index (κ1) is 13.4. The van der Waals surface area contributed by atoms with Crippen LogP contribution in [0.15, 0.2) is 24.3 Å². The van der Waals surface area contributed by atoms with Crippen LogP contribution in [0.3, 0.4) is 0 Å². The van der Waals surface area contributed by atoms with Gasteiger partial charge in [0.2, 0.25) is 0 Å². The Labute approximate surface area is 105 Å². The van der Waals surface area contributed by atoms with Crippen molar-refractivity contribution in [3.8, 4) is 0 Å². The minimum absolute atomic E-state index is 0.509. The van der Waals surface area contributed by atoms with Crippen LogP contribution < -0.4 is 5.32 Å². The molecule has 0 spiro atoms. The van der Waals surface area contributed by atoms with E-state index in [0.29, 0.717) is 12.1 Å². The lowest BCUT2D eigenvalue weighted by Crippen LogP contribution is -2.15. The van der Waals surface area contributed by atoms with Crippen molar-refractivity contribution in [2.75, 3.05) is 6.54 Å². The summed E-state index contributed by atoms with van der Waals surface area (Å²) in [5, 5.41) is 3.20. The largest absolute Gasteiger partial charge is 0.416 e. The Morgan fingerprint density at radius 1 is 1.22 bits per heavy atom. The van der Waals surface area contributed by atoms with Gasteiger partial charge >= 0.3 is 6.18 Å². The molecule has 1 fully saturated rings. The number of halogens is 3. The van der Waals surface area contributed by atoms with Crippen molar-refractivity contribution in [3.05, 3.63) is 35.4 Å². The fourth-order valence-electron chi connectivity index (χ4n) is 2.01. The van der Waals surface area contributed by atoms with Crippen molar-refractivity contribution in [1.82, 2.24) is 5.32 Å². The molecule has 0 aromatic heterocycles. The van der Waals surface area contributed by atoms with E-state index in [1.54, 1.807) is 6.07 Å². The molecule has 1 nitrogen and oxygen atoms in total. The zero-order valence-corrected chi connectivity index (χ0v) is 10.3. The topological polar surface area (TPSA) is 12.0 Å². The number of alkyl halides is 3. The summed E-state index contributed by atoms with van der Waals surface area (Å²) in [5.41, 5.74) is 0.121. The van der Waals surface area contributed by atoms with Gasteiger partial charge in [-0.3, -0.25) is 0 Å². The highest BCUT2D eigenvalue weighted by molar-refractivity contribution is 5.25. The second kappa shape index (κ2) is 5.74. The Kier molecular flexibility index (Phi) is 4.27. The van der Waals surface area contributed by atoms with E-state index in [4.69, 9.17) is 0 Å². The molecule has 1 N–H and O–H groups in total. The summed E-state index contributed by atoms with van der Waals surface area (Å²) in [6, 6.07) is 5.51. The van der Waals surface area contributed by atoms with E-state index in [9.17, 15) is 13.2 Å². The van der Waals surface area contributed by atoms with E-state index in [1.165, 1.54) is 31.4 Å². The van der Waals surface area contributed by atoms with E-state index in [-0.39, 0.29) is 0 Å². The van der Waals surface area contributed by atoms with E-state index >= 15 is 0 Å². The van der Waals surface area contributed by atoms with Gasteiger partial charge in [0.05, 0.1) is 5.56 Å². The molecule has 0 amide bonds. The highest BCUT2D eigenvalue weighted by Crippen LogP contribution is 2.33. The van der Waals surface area contributed by atoms with Crippen molar-refractivity contribution in [2.24, 2.45) is 5.92 Å². The van der Waals surface area contributed by atoms with Crippen LogP contribution in [0, 0.1) is 5.92 Å². The van der Waals surface area contributed by atoms with Crippen molar-refractivity contribution in [1.29, 1.82) is 0 Å². The lowest BCUT2D eigenvalue weighted by molar-refractivity contribution is -0.137. The van der Waals surface area contributed by atoms with E-state index < -0.39 is 11.7 Å². The maximum Gasteiger partial charge on any atom is 0.416 e. The van der Waals surface area contributed by atoms with Crippen LogP contribution in [0.1, 0.15) is 36.8 Å². The highest BCUT2D eigenvalue weighted by atomic mass is 19.4. The molecule has 0 bridgehead atoms. The lowest BCUT2D eigenvalue weighted by Gasteiger charge is -2.09. The maximum absolute atomic E-state index is 12.5. The van der Waals surface area contributed by atoms with Gasteiger partial charge in [0.15, 0.2) is 0 Å². The minimum Gasteiger partial charge on any atom is -0.313 e. The second-order valence-corrected chi connectivity index (χ2v) is 4.96. The van der Waals surface area contributed by atoms with Crippen LogP contribution in [0.2, 0.25) is 0 Å². The summed E-state index contributed by atoms with van der Waals surface area (Å²) in [6.45, 7) is 1.39. The van der Waals surface area contributed by atoms with Gasteiger partial charge in [-0.05, 0) is 36.9 Å². The molecule has 1 aliphatic rings. The summed E-state index contributed by atoms with van der Waals surface area (Å²) in [5.74, 6) is 0.917. The predicted octanol–water partition coefficient (Wildman–Crippen LogP) is 3.99. The van der Waals surface area contributed by atoms with Gasteiger partial charge in [-0.25, -0.2) is 0 Å². The maximum atomic E-state index is 12.5. The fourth-order valence-corrected chi connectivity index (χ4v) is 2.01. The van der Waals surface area contributed by atoms with Gasteiger partial charge in [0.25, 0.3) is 0 Å². The van der Waals surface area contributed by atoms with Crippen LogP contribution in [-0.4, -0.2) is 6.54 Å². The molecule has 1 aliphatic carbocycles. The first-order chi connectivity index (χ1) is 8.55. The Balaban J connectivity index is 1.74. The Bertz CT molecular complexity index is 383. The third kappa shape index (κ3) is 4.33. The molecule has 18 heavy (non-hydrogen) atoms. The van der Waals surface area contributed by atoms with E-state index in [1.807, 2.05) is 0 Å². The molecule has 2 rings (SSSR count). The van der Waals surface area contributed by atoms with E-state index in [0.717, 1.165) is 24.9 Å². The first-order valence-corrected chi connectivity index (χ1v) is 6.42. The number of hydrogen-bond acceptors (Lipinski definition) is 1. The molecule has 0 atom stereocenters. The minimum atomic E-state index is -4.25. The predicted molar refractivity (Wildman–Crippen MR) is 65.1 cm³/mol. The molecule has 4 heteroatoms. The molecule has 1 aromatic rings. The summed E-state index contributed by atoms with van der Waals surface area (Å²) in [6.07, 6.45) is 0.822. The number of nitrogens with one attached hydrogen (secondary N) is 1. The van der Waals surface area contributed by atoms with Crippen LogP contribution in [0.5, 0.6) is 0 Å². The third-order valence-corrected chi connectivity index (χ3v) is 3.25. The molecule has 1 saturated carbocycles. The van der Waals surface area contributed by atoms with E-state index in [2.05, 4.69) is 5.32 Å². The molecule has 0 heterocycles. The standard InChI is InChI=1S/C14H18F3N/c15-14(16,17)13-5-1-3-12(9-13)10-18-8-2-4-11-6-7-11/h1,3,5,9,11,18H,2,4,6-8,10H2. The van der Waals surface area contributed by atoms with Crippen molar-refractivity contribution < 1.29 is 13.2 Å². The van der Waals surface area contributed by atoms with Crippen molar-refractivity contribution in [3.63, 3.8) is 0 Å². The normalized spacial score (nSPS) is 15.9. The summed E-state index contributed by atoms with van der Waals surface area (Å²) >= 11 is 0. The van der Waals surface area contributed by atoms with Gasteiger partial charge in [-0.15, -0.1) is 0 Å². The molecule has 100 valence electrons. The van der Waals surface area contributed by atoms with Gasteiger partial charge in [-0.2, -0.15) is 13.2 Å². The van der Waals surface area contributed by atoms with Crippen LogP contribution in [-0.2, 0) is 12.7 Å². The number of rotatable bonds is 6. The number of hydrogen-bond donors (Lipinski definition) is 1. The molecule has 1 aromatic carbocycles. The zero-order valence-electron chi connectivity index (χ0n) is 10.3. The third-order valence-electron chi connectivity index (χ3n) is 3.25. The Morgan fingerprint density at radius 2 is 2.00 bits per heavy atom. The molecule has 0 aliphatic heterocycles. The highest BCUT2D eigenvalue weighted by Gasteiger charge is 2.30. The number of benzene rings is 1. The zero-order chi connectivity index (χ0) is 13.0. The average molecular weight is 257 g/mol. The van der Waals surface area contributed by atoms with Gasteiger partial charge in [0.1, 0.15) is 0 Å². The molecular weight excluding hydrogens is 239 g/mol. The Hall–Kier alpha value is -1.03. The van der Waals surface area contributed by atoms with Crippen LogP contribution >= 0.6 is 0 Å². The quantitative estimate of drug-likeness (QED) is 0.760. The summed E-state index contributed by atoms with van der Waals surface area (Å²) in [4.78, 5) is 0. The molecule has 0 unspecified atom stereocenters. The van der Waals surface area contributed by atoms with Crippen molar-refractivity contribution in [2.45, 2.75) is 38.4 Å². The molecule has 0 radical (unpaired) electrons. The fraction of sp³-hybridized carbons (Fsp3) is 0.571. The lowest BCUT2D eigenvalue weighted by atomic mass is 10.1. The summed E-state index contributed by atoms with van der Waals surface area (Å²) < 4.78 is 37.5. The monoisotopic (exact) mass is 257 g/mol. The SMILES string of the molecule is FC(F)(F)c1cccc(CNCCCC2CC2)c1. The average Bonchev–Trinajstić information content (AvgIpc) is 3.12. The van der Waals surface area contributed by atoms with Crippen LogP contribution in [0.25, 0.3) is 0 Å². The van der Waals surface area contributed by atoms with Crippen molar-refractivity contribution >= 4 is 0 Å². The Morgan fingerprint density at radius 3 is 2.67 bits per heavy atom. The van der Waals surface area contributed by atoms with Gasteiger partial charge in [-0.1, -0.05) is 31.0 Å². The molecule has 0 saturated heterocycles.